The molecule has 9 unspecified atom stereocenters. The Labute approximate surface area is 869 Å². The minimum Gasteiger partial charge on any atom is -0.481 e. The number of carbonyl (C=O) groups is 2. The number of carboxylic acid groups (broad SMARTS) is 2. The SMILES string of the molecule is C=S(C)(=O)c1ccc(C(C)Nc2nc(N3CC(C4CCCN(CCO)C4)C3)ncc2C#N)c(Cl)c1.Cc1ccc(C(C)Nc2nc(N3CC(C4CCCN(C5CC(C)(C(=O)O)C5)C4)C3)ncc2C(F)(F)F)c(Cl)c1.Cc1ccc(C(C)Nc2nc(N3CC(C4CCCN(C5CC(C)(C(=O)O)C5)C4)C3)ncc2C(F)(F)F)c(Cl)c1.Cc1ccc(C(C)Nc2nc(N3CC(C4CCCN(CCO)C4)C3)ncc2Br)c(Cl)c1. The van der Waals surface area contributed by atoms with Crippen LogP contribution in [0.1, 0.15) is 198 Å². The maximum Gasteiger partial charge on any atom is 0.421 e. The second-order valence-corrected chi connectivity index (χ2v) is 47.1. The van der Waals surface area contributed by atoms with Gasteiger partial charge in [0.2, 0.25) is 23.8 Å². The second-order valence-electron chi connectivity index (χ2n) is 42.2. The zero-order valence-corrected chi connectivity index (χ0v) is 88.8. The molecule has 0 amide bonds. The van der Waals surface area contributed by atoms with E-state index in [2.05, 4.69) is 132 Å². The predicted octanol–water partition coefficient (Wildman–Crippen LogP) is 19.6. The molecule has 12 heterocycles. The molecule has 9 atom stereocenters. The van der Waals surface area contributed by atoms with E-state index in [4.69, 9.17) is 51.4 Å². The first kappa shape index (κ1) is 109. The molecule has 10 aliphatic rings. The third-order valence-corrected chi connectivity index (χ3v) is 34.3. The molecule has 0 spiro atoms. The van der Waals surface area contributed by atoms with Gasteiger partial charge in [-0.15, -0.1) is 0 Å². The standard InChI is InChI=1S/2C28H35ClF3N5O2.C25H33ClN6O2S.C23H31BrClN5O/c2*1-16-6-7-21(23(29)9-16)17(2)34-24-22(28(30,31)32)12-33-26(35-24)37-14-19(15-37)18-5-4-8-36(13-18)20-10-27(3,11-20)25(38)39;1-17(22-7-6-21(11-23(22)26)35(2,3)34)29-24-19(12-27)13-28-25(30-24)32-15-20(16-32)18-5-4-8-31(14-18)9-10-33;1-15-5-6-19(21(25)10-15)16(2)27-22-20(24)11-26-23(28-22)30-13-18(14-30)17-4-3-7-29(12-17)8-9-31/h2*6-7,9,12,17-20H,4-5,8,10-11,13-15H2,1-3H3,(H,38,39)(H,33,34,35);6-7,11,13,17-18,20,33H,2,4-5,8-10,14-16H2,1,3H3,(H,28,29,30);5-6,10-11,16-18,31H,3-4,7-9,12-14H2,1-2H3,(H,26,27,28). The molecule has 0 bridgehead atoms. The normalized spacial score (nSPS) is 24.4. The summed E-state index contributed by atoms with van der Waals surface area (Å²) in [4.78, 5) is 76.8. The van der Waals surface area contributed by atoms with E-state index in [1.54, 1.807) is 50.6 Å². The first-order valence-electron chi connectivity index (χ1n) is 50.1. The molecule has 10 fully saturated rings. The van der Waals surface area contributed by atoms with Crippen LogP contribution in [0.25, 0.3) is 0 Å². The van der Waals surface area contributed by atoms with Gasteiger partial charge < -0.3 is 80.9 Å². The summed E-state index contributed by atoms with van der Waals surface area (Å²) in [5.41, 5.74) is 3.66. The maximum atomic E-state index is 13.8. The molecule has 40 heteroatoms. The Bertz CT molecular complexity index is 5820. The van der Waals surface area contributed by atoms with Gasteiger partial charge in [0.1, 0.15) is 46.0 Å². The number of aliphatic hydroxyl groups is 2. The van der Waals surface area contributed by atoms with E-state index in [-0.39, 0.29) is 48.8 Å². The predicted molar refractivity (Wildman–Crippen MR) is 560 cm³/mol. The van der Waals surface area contributed by atoms with Crippen LogP contribution in [0.4, 0.5) is 73.4 Å². The smallest absolute Gasteiger partial charge is 0.421 e. The molecule has 28 nitrogen and oxygen atoms in total. The highest BCUT2D eigenvalue weighted by molar-refractivity contribution is 9.10. The molecule has 8 N–H and O–H groups in total. The van der Waals surface area contributed by atoms with Gasteiger partial charge in [-0.1, -0.05) is 88.9 Å². The van der Waals surface area contributed by atoms with Gasteiger partial charge in [-0.2, -0.15) is 51.5 Å². The molecule has 4 aromatic heterocycles. The quantitative estimate of drug-likeness (QED) is 0.0159. The highest BCUT2D eigenvalue weighted by Crippen LogP contribution is 2.50. The van der Waals surface area contributed by atoms with Crippen molar-refractivity contribution >= 4 is 137 Å². The van der Waals surface area contributed by atoms with Crippen LogP contribution in [0.2, 0.25) is 20.1 Å². The summed E-state index contributed by atoms with van der Waals surface area (Å²) in [6.45, 7) is 33.8. The van der Waals surface area contributed by atoms with Crippen LogP contribution in [0.15, 0.2) is 107 Å². The average Bonchev–Trinajstić information content (AvgIpc) is 0.733. The summed E-state index contributed by atoms with van der Waals surface area (Å²) >= 11 is 29.2. The minimum absolute atomic E-state index is 0.0241. The van der Waals surface area contributed by atoms with Crippen molar-refractivity contribution in [2.45, 2.75) is 193 Å². The van der Waals surface area contributed by atoms with Gasteiger partial charge in [0.15, 0.2) is 0 Å². The van der Waals surface area contributed by atoms with Crippen molar-refractivity contribution < 1.29 is 60.6 Å². The number of nitriles is 1. The van der Waals surface area contributed by atoms with Crippen molar-refractivity contribution in [3.05, 3.63) is 178 Å². The molecule has 8 saturated heterocycles. The van der Waals surface area contributed by atoms with Crippen LogP contribution in [0.5, 0.6) is 0 Å². The summed E-state index contributed by atoms with van der Waals surface area (Å²) in [7, 11) is -2.36. The van der Waals surface area contributed by atoms with Gasteiger partial charge in [-0.25, -0.2) is 19.9 Å². The lowest BCUT2D eigenvalue weighted by Gasteiger charge is -2.52. The van der Waals surface area contributed by atoms with Crippen LogP contribution < -0.4 is 40.9 Å². The number of benzene rings is 4. The molecule has 8 aromatic rings. The fourth-order valence-corrected chi connectivity index (χ4v) is 24.7. The van der Waals surface area contributed by atoms with Crippen molar-refractivity contribution in [3.63, 3.8) is 0 Å². The molecule has 18 rings (SSSR count). The fraction of sp³-hybridized carbons (Fsp3) is 0.577. The van der Waals surface area contributed by atoms with Crippen LogP contribution >= 0.6 is 62.3 Å². The van der Waals surface area contributed by atoms with E-state index in [9.17, 15) is 65.8 Å². The maximum absolute atomic E-state index is 13.8. The molecule has 2 saturated carbocycles. The third-order valence-electron chi connectivity index (χ3n) is 31.2. The average molecular weight is 2160 g/mol. The first-order chi connectivity index (χ1) is 68.3. The van der Waals surface area contributed by atoms with Crippen molar-refractivity contribution in [3.8, 4) is 6.07 Å². The molecular formula is C104H134BrCl4F6N21O7S. The lowest BCUT2D eigenvalue weighted by molar-refractivity contribution is -0.159. The molecule has 0 radical (unpaired) electrons. The number of aliphatic hydroxyl groups excluding tert-OH is 2. The number of carboxylic acids is 2. The van der Waals surface area contributed by atoms with E-state index in [0.717, 1.165) is 179 Å². The monoisotopic (exact) mass is 2150 g/mol. The van der Waals surface area contributed by atoms with Crippen molar-refractivity contribution in [1.29, 1.82) is 5.26 Å². The number of rotatable bonds is 29. The number of aromatic nitrogens is 8. The number of likely N-dealkylation sites (tertiary alicyclic amines) is 4. The minimum atomic E-state index is -4.60. The van der Waals surface area contributed by atoms with Gasteiger partial charge in [-0.05, 0) is 313 Å². The summed E-state index contributed by atoms with van der Waals surface area (Å²) in [5, 5.41) is 61.8. The number of aryl methyl sites for hydroxylation is 3. The number of halogens is 11. The second kappa shape index (κ2) is 46.4. The summed E-state index contributed by atoms with van der Waals surface area (Å²) in [6.07, 6.45) is 9.51. The summed E-state index contributed by atoms with van der Waals surface area (Å²) < 4.78 is 95.9. The van der Waals surface area contributed by atoms with Gasteiger partial charge >= 0.3 is 24.3 Å². The number of anilines is 8. The van der Waals surface area contributed by atoms with Crippen molar-refractivity contribution in [2.75, 3.05) is 178 Å². The number of β-amino-alcohol motifs (C(OH)–C–C–N with tert-alkyl or cyclic N) is 2. The highest BCUT2D eigenvalue weighted by Gasteiger charge is 2.53. The molecule has 144 heavy (non-hydrogen) atoms. The lowest BCUT2D eigenvalue weighted by atomic mass is 9.65. The Kier molecular flexibility index (Phi) is 35.2. The van der Waals surface area contributed by atoms with E-state index in [1.165, 1.54) is 25.7 Å². The van der Waals surface area contributed by atoms with E-state index >= 15 is 0 Å². The van der Waals surface area contributed by atoms with E-state index in [0.29, 0.717) is 160 Å². The number of aliphatic carboxylic acids is 2. The number of nitrogens with zero attached hydrogens (tertiary/aromatic N) is 17. The lowest BCUT2D eigenvalue weighted by Crippen LogP contribution is -2.58. The Morgan fingerprint density at radius 3 is 1.10 bits per heavy atom. The zero-order chi connectivity index (χ0) is 103. The Balaban J connectivity index is 0.000000145. The van der Waals surface area contributed by atoms with Crippen molar-refractivity contribution in [2.24, 2.45) is 58.2 Å². The van der Waals surface area contributed by atoms with E-state index < -0.39 is 67.9 Å². The number of hydrogen-bond acceptors (Lipinski definition) is 26. The molecule has 2 aliphatic carbocycles. The number of piperidine rings is 4. The fourth-order valence-electron chi connectivity index (χ4n) is 22.1. The Morgan fingerprint density at radius 1 is 0.472 bits per heavy atom. The summed E-state index contributed by atoms with van der Waals surface area (Å²) in [6, 6.07) is 24.0. The third kappa shape index (κ3) is 26.3. The molecular weight excluding hydrogens is 2020 g/mol. The number of nitrogens with one attached hydrogen (secondary N) is 4. The first-order valence-corrected chi connectivity index (χ1v) is 54.5. The van der Waals surface area contributed by atoms with E-state index in [1.807, 2.05) is 93.9 Å². The molecule has 4 aromatic carbocycles. The van der Waals surface area contributed by atoms with Crippen LogP contribution in [0.3, 0.4) is 0 Å². The van der Waals surface area contributed by atoms with Crippen LogP contribution in [0, 0.1) is 90.3 Å². The molecule has 780 valence electrons. The molecule has 8 aliphatic heterocycles. The highest BCUT2D eigenvalue weighted by atomic mass is 79.9. The van der Waals surface area contributed by atoms with Gasteiger partial charge in [0, 0.05) is 154 Å². The van der Waals surface area contributed by atoms with Gasteiger partial charge in [0.25, 0.3) is 0 Å². The Morgan fingerprint density at radius 2 is 0.778 bits per heavy atom. The van der Waals surface area contributed by atoms with Gasteiger partial charge in [0.05, 0.1) is 58.9 Å². The van der Waals surface area contributed by atoms with Crippen LogP contribution in [-0.2, 0) is 31.5 Å². The number of alkyl halides is 6. The summed E-state index contributed by atoms with van der Waals surface area (Å²) in [5.74, 6) is 9.34. The zero-order valence-electron chi connectivity index (χ0n) is 83.3. The Hall–Kier alpha value is -8.97. The van der Waals surface area contributed by atoms with Gasteiger partial charge in [-0.3, -0.25) is 13.8 Å². The number of hydrogen-bond donors (Lipinski definition) is 8. The topological polar surface area (TPSA) is 333 Å². The van der Waals surface area contributed by atoms with Crippen molar-refractivity contribution in [1.82, 2.24) is 59.5 Å². The largest absolute Gasteiger partial charge is 0.481 e. The van der Waals surface area contributed by atoms with Crippen LogP contribution in [-0.4, -0.2) is 251 Å².